The van der Waals surface area contributed by atoms with Crippen molar-refractivity contribution in [2.75, 3.05) is 18.2 Å². The summed E-state index contributed by atoms with van der Waals surface area (Å²) < 4.78 is 7.06. The van der Waals surface area contributed by atoms with Crippen molar-refractivity contribution in [1.29, 1.82) is 0 Å². The Morgan fingerprint density at radius 3 is 2.69 bits per heavy atom. The fraction of sp³-hybridized carbons (Fsp3) is 0.190. The molecule has 0 fully saturated rings. The first-order valence-electron chi connectivity index (χ1n) is 8.89. The van der Waals surface area contributed by atoms with Crippen molar-refractivity contribution < 1.29 is 9.53 Å². The van der Waals surface area contributed by atoms with Gasteiger partial charge >= 0.3 is 0 Å². The van der Waals surface area contributed by atoms with E-state index < -0.39 is 0 Å². The number of allylic oxidation sites excluding steroid dienone is 1. The van der Waals surface area contributed by atoms with Crippen LogP contribution in [0.1, 0.15) is 5.56 Å². The van der Waals surface area contributed by atoms with Gasteiger partial charge in [0.1, 0.15) is 5.75 Å². The van der Waals surface area contributed by atoms with Gasteiger partial charge in [0.25, 0.3) is 0 Å². The van der Waals surface area contributed by atoms with Crippen molar-refractivity contribution in [2.24, 2.45) is 0 Å². The Labute approximate surface area is 178 Å². The van der Waals surface area contributed by atoms with E-state index in [4.69, 9.17) is 16.3 Å². The summed E-state index contributed by atoms with van der Waals surface area (Å²) in [5.41, 5.74) is 2.75. The Hall–Kier alpha value is -2.77. The number of carbonyl (C=O) groups is 1. The summed E-state index contributed by atoms with van der Waals surface area (Å²) in [7, 11) is 1.54. The molecule has 3 aromatic rings. The molecule has 0 saturated carbocycles. The summed E-state index contributed by atoms with van der Waals surface area (Å²) in [6, 6.07) is 13.2. The smallest absolute Gasteiger partial charge is 0.234 e. The number of anilines is 1. The molecule has 1 aromatic heterocycles. The molecule has 0 radical (unpaired) electrons. The van der Waals surface area contributed by atoms with E-state index in [9.17, 15) is 4.79 Å². The monoisotopic (exact) mass is 428 g/mol. The van der Waals surface area contributed by atoms with E-state index in [-0.39, 0.29) is 11.7 Å². The number of nitrogens with one attached hydrogen (secondary N) is 1. The number of hydrogen-bond donors (Lipinski definition) is 1. The first-order chi connectivity index (χ1) is 14.0. The van der Waals surface area contributed by atoms with Gasteiger partial charge in [-0.2, -0.15) is 0 Å². The van der Waals surface area contributed by atoms with Crippen LogP contribution in [0.3, 0.4) is 0 Å². The Morgan fingerprint density at radius 2 is 2.03 bits per heavy atom. The Kier molecular flexibility index (Phi) is 6.95. The van der Waals surface area contributed by atoms with E-state index in [0.29, 0.717) is 28.2 Å². The molecule has 6 nitrogen and oxygen atoms in total. The first kappa shape index (κ1) is 21.0. The second-order valence-corrected chi connectivity index (χ2v) is 7.61. The molecule has 8 heteroatoms. The number of aromatic nitrogens is 3. The lowest BCUT2D eigenvalue weighted by atomic mass is 10.1. The minimum atomic E-state index is -0.165. The zero-order valence-electron chi connectivity index (χ0n) is 16.2. The number of carbonyl (C=O) groups excluding carboxylic acids is 1. The molecule has 0 saturated heterocycles. The van der Waals surface area contributed by atoms with Crippen molar-refractivity contribution in [3.63, 3.8) is 0 Å². The maximum Gasteiger partial charge on any atom is 0.234 e. The van der Waals surface area contributed by atoms with E-state index in [2.05, 4.69) is 22.1 Å². The van der Waals surface area contributed by atoms with Crippen LogP contribution in [0.5, 0.6) is 5.75 Å². The molecule has 0 bridgehead atoms. The third-order valence-electron chi connectivity index (χ3n) is 4.11. The molecule has 1 amide bonds. The summed E-state index contributed by atoms with van der Waals surface area (Å²) in [4.78, 5) is 12.4. The molecular weight excluding hydrogens is 408 g/mol. The lowest BCUT2D eigenvalue weighted by Gasteiger charge is -2.09. The highest BCUT2D eigenvalue weighted by atomic mass is 35.5. The van der Waals surface area contributed by atoms with Gasteiger partial charge < -0.3 is 10.1 Å². The Bertz CT molecular complexity index is 1020. The second-order valence-electron chi connectivity index (χ2n) is 6.26. The largest absolute Gasteiger partial charge is 0.495 e. The van der Waals surface area contributed by atoms with E-state index in [0.717, 1.165) is 11.4 Å². The Balaban J connectivity index is 1.69. The van der Waals surface area contributed by atoms with Gasteiger partial charge in [-0.05, 0) is 25.1 Å². The molecule has 150 valence electrons. The first-order valence-corrected chi connectivity index (χ1v) is 10.3. The molecule has 1 N–H and O–H groups in total. The molecule has 3 rings (SSSR count). The predicted molar refractivity (Wildman–Crippen MR) is 118 cm³/mol. The van der Waals surface area contributed by atoms with Gasteiger partial charge in [0, 0.05) is 17.8 Å². The molecule has 0 aliphatic heterocycles. The average Bonchev–Trinajstić information content (AvgIpc) is 3.10. The van der Waals surface area contributed by atoms with Crippen LogP contribution >= 0.6 is 23.4 Å². The molecule has 0 atom stereocenters. The van der Waals surface area contributed by atoms with Crippen LogP contribution in [0.2, 0.25) is 5.02 Å². The summed E-state index contributed by atoms with van der Waals surface area (Å²) in [5.74, 6) is 1.32. The number of ether oxygens (including phenoxy) is 1. The third-order valence-corrected chi connectivity index (χ3v) is 5.37. The van der Waals surface area contributed by atoms with Crippen LogP contribution in [0.4, 0.5) is 5.69 Å². The van der Waals surface area contributed by atoms with Crippen molar-refractivity contribution in [1.82, 2.24) is 14.8 Å². The fourth-order valence-electron chi connectivity index (χ4n) is 2.68. The molecule has 2 aromatic carbocycles. The minimum Gasteiger partial charge on any atom is -0.495 e. The molecule has 29 heavy (non-hydrogen) atoms. The maximum absolute atomic E-state index is 12.4. The zero-order chi connectivity index (χ0) is 20.8. The van der Waals surface area contributed by atoms with Gasteiger partial charge in [-0.3, -0.25) is 9.36 Å². The number of halogens is 1. The van der Waals surface area contributed by atoms with Crippen LogP contribution in [0.15, 0.2) is 60.3 Å². The van der Waals surface area contributed by atoms with Gasteiger partial charge in [0.15, 0.2) is 11.0 Å². The highest BCUT2D eigenvalue weighted by Gasteiger charge is 2.15. The van der Waals surface area contributed by atoms with Crippen molar-refractivity contribution in [3.8, 4) is 17.1 Å². The minimum absolute atomic E-state index is 0.165. The van der Waals surface area contributed by atoms with E-state index in [1.165, 1.54) is 17.3 Å². The van der Waals surface area contributed by atoms with Crippen LogP contribution < -0.4 is 10.1 Å². The fourth-order valence-corrected chi connectivity index (χ4v) is 3.68. The molecule has 0 spiro atoms. The zero-order valence-corrected chi connectivity index (χ0v) is 17.8. The lowest BCUT2D eigenvalue weighted by Crippen LogP contribution is -2.14. The molecule has 0 unspecified atom stereocenters. The topological polar surface area (TPSA) is 69.0 Å². The number of aryl methyl sites for hydroxylation is 1. The molecular formula is C21H21ClN4O2S. The van der Waals surface area contributed by atoms with Crippen molar-refractivity contribution in [2.45, 2.75) is 18.6 Å². The highest BCUT2D eigenvalue weighted by Crippen LogP contribution is 2.28. The number of thioether (sulfide) groups is 1. The van der Waals surface area contributed by atoms with Crippen molar-refractivity contribution in [3.05, 3.63) is 65.7 Å². The number of hydrogen-bond acceptors (Lipinski definition) is 5. The van der Waals surface area contributed by atoms with E-state index in [1.54, 1.807) is 31.4 Å². The third kappa shape index (κ3) is 5.19. The quantitative estimate of drug-likeness (QED) is 0.411. The second kappa shape index (κ2) is 9.62. The number of amides is 1. The number of nitrogens with zero attached hydrogens (tertiary/aromatic N) is 3. The average molecular weight is 429 g/mol. The predicted octanol–water partition coefficient (Wildman–Crippen LogP) is 4.83. The van der Waals surface area contributed by atoms with Crippen LogP contribution in [-0.2, 0) is 11.3 Å². The lowest BCUT2D eigenvalue weighted by molar-refractivity contribution is -0.113. The van der Waals surface area contributed by atoms with E-state index >= 15 is 0 Å². The van der Waals surface area contributed by atoms with Gasteiger partial charge in [-0.15, -0.1) is 16.8 Å². The standard InChI is InChI=1S/C21H21ClN4O2S/c1-4-11-26-20(15-7-5-14(2)6-8-15)24-25-21(26)29-13-19(27)23-16-9-10-18(28-3)17(22)12-16/h4-10,12H,1,11,13H2,2-3H3,(H,23,27). The number of methoxy groups -OCH3 is 1. The summed E-state index contributed by atoms with van der Waals surface area (Å²) >= 11 is 7.42. The summed E-state index contributed by atoms with van der Waals surface area (Å²) in [5, 5.41) is 12.5. The normalized spacial score (nSPS) is 10.6. The molecule has 0 aliphatic carbocycles. The van der Waals surface area contributed by atoms with Gasteiger partial charge in [0.2, 0.25) is 5.91 Å². The number of rotatable bonds is 8. The maximum atomic E-state index is 12.4. The Morgan fingerprint density at radius 1 is 1.28 bits per heavy atom. The van der Waals surface area contributed by atoms with Crippen LogP contribution in [0, 0.1) is 6.92 Å². The van der Waals surface area contributed by atoms with Gasteiger partial charge in [-0.25, -0.2) is 0 Å². The van der Waals surface area contributed by atoms with Gasteiger partial charge in [-0.1, -0.05) is 59.3 Å². The number of benzene rings is 2. The van der Waals surface area contributed by atoms with Crippen LogP contribution in [0.25, 0.3) is 11.4 Å². The van der Waals surface area contributed by atoms with Crippen molar-refractivity contribution >= 4 is 35.0 Å². The summed E-state index contributed by atoms with van der Waals surface area (Å²) in [6.45, 7) is 6.40. The SMILES string of the molecule is C=CCn1c(SCC(=O)Nc2ccc(OC)c(Cl)c2)nnc1-c1ccc(C)cc1. The van der Waals surface area contributed by atoms with Gasteiger partial charge in [0.05, 0.1) is 17.9 Å². The van der Waals surface area contributed by atoms with E-state index in [1.807, 2.05) is 35.8 Å². The van der Waals surface area contributed by atoms with Crippen LogP contribution in [-0.4, -0.2) is 33.5 Å². The highest BCUT2D eigenvalue weighted by molar-refractivity contribution is 7.99. The molecule has 0 aliphatic rings. The molecule has 1 heterocycles. The summed E-state index contributed by atoms with van der Waals surface area (Å²) in [6.07, 6.45) is 1.78.